The molecule has 2 rings (SSSR count). The highest BCUT2D eigenvalue weighted by molar-refractivity contribution is 7.11. The molecule has 20 heavy (non-hydrogen) atoms. The maximum absolute atomic E-state index is 12.1. The van der Waals surface area contributed by atoms with Crippen LogP contribution in [0.3, 0.4) is 0 Å². The average molecular weight is 287 g/mol. The third kappa shape index (κ3) is 3.55. The molecule has 0 bridgehead atoms. The number of thiophene rings is 1. The van der Waals surface area contributed by atoms with E-state index in [0.29, 0.717) is 5.56 Å². The van der Waals surface area contributed by atoms with Crippen molar-refractivity contribution in [1.29, 1.82) is 0 Å². The number of carboxylic acid groups (broad SMARTS) is 1. The first-order valence-corrected chi connectivity index (χ1v) is 6.81. The van der Waals surface area contributed by atoms with Crippen molar-refractivity contribution in [3.8, 4) is 0 Å². The van der Waals surface area contributed by atoms with E-state index in [-0.39, 0.29) is 5.91 Å². The lowest BCUT2D eigenvalue weighted by Gasteiger charge is -2.06. The molecule has 0 unspecified atom stereocenters. The second-order valence-electron chi connectivity index (χ2n) is 4.18. The fourth-order valence-corrected chi connectivity index (χ4v) is 2.40. The van der Waals surface area contributed by atoms with Gasteiger partial charge in [0.1, 0.15) is 0 Å². The van der Waals surface area contributed by atoms with Gasteiger partial charge in [-0.25, -0.2) is 4.79 Å². The van der Waals surface area contributed by atoms with E-state index >= 15 is 0 Å². The van der Waals surface area contributed by atoms with Gasteiger partial charge in [0.05, 0.1) is 5.56 Å². The quantitative estimate of drug-likeness (QED) is 0.847. The largest absolute Gasteiger partial charge is 0.478 e. The minimum absolute atomic E-state index is 0.203. The monoisotopic (exact) mass is 287 g/mol. The van der Waals surface area contributed by atoms with Crippen LogP contribution in [0.25, 0.3) is 6.08 Å². The number of carbonyl (C=O) groups is 2. The molecule has 1 amide bonds. The highest BCUT2D eigenvalue weighted by Gasteiger charge is 2.09. The molecule has 0 atom stereocenters. The van der Waals surface area contributed by atoms with Crippen LogP contribution in [0.1, 0.15) is 20.8 Å². The van der Waals surface area contributed by atoms with E-state index in [1.54, 1.807) is 11.4 Å². The van der Waals surface area contributed by atoms with E-state index in [2.05, 4.69) is 5.32 Å². The van der Waals surface area contributed by atoms with Gasteiger partial charge < -0.3 is 10.4 Å². The molecule has 0 aliphatic heterocycles. The van der Waals surface area contributed by atoms with Crippen molar-refractivity contribution in [3.63, 3.8) is 0 Å². The number of carboxylic acids is 1. The van der Waals surface area contributed by atoms with Gasteiger partial charge in [0.2, 0.25) is 0 Å². The normalized spacial score (nSPS) is 10.7. The third-order valence-electron chi connectivity index (χ3n) is 2.67. The van der Waals surface area contributed by atoms with Gasteiger partial charge in [-0.1, -0.05) is 18.2 Å². The van der Waals surface area contributed by atoms with Crippen LogP contribution in [0.5, 0.6) is 0 Å². The maximum Gasteiger partial charge on any atom is 0.328 e. The van der Waals surface area contributed by atoms with Crippen molar-refractivity contribution in [2.24, 2.45) is 0 Å². The van der Waals surface area contributed by atoms with Crippen LogP contribution in [-0.4, -0.2) is 17.0 Å². The minimum atomic E-state index is -1.01. The molecule has 1 aromatic heterocycles. The number of rotatable bonds is 4. The Morgan fingerprint density at radius 1 is 1.30 bits per heavy atom. The molecule has 0 saturated carbocycles. The molecular weight excluding hydrogens is 274 g/mol. The molecular formula is C15H13NO3S. The number of amides is 1. The number of hydrogen-bond donors (Lipinski definition) is 2. The van der Waals surface area contributed by atoms with Crippen molar-refractivity contribution in [3.05, 3.63) is 57.8 Å². The van der Waals surface area contributed by atoms with Crippen LogP contribution in [-0.2, 0) is 4.79 Å². The van der Waals surface area contributed by atoms with E-state index in [9.17, 15) is 9.59 Å². The fraction of sp³-hybridized carbons (Fsp3) is 0.0667. The SMILES string of the molecule is Cc1ccccc1NC(=O)c1csc(C=CC(=O)O)c1. The number of carbonyl (C=O) groups excluding carboxylic acids is 1. The molecule has 102 valence electrons. The average Bonchev–Trinajstić information content (AvgIpc) is 2.88. The summed E-state index contributed by atoms with van der Waals surface area (Å²) in [5, 5.41) is 13.1. The number of nitrogens with one attached hydrogen (secondary N) is 1. The van der Waals surface area contributed by atoms with Gasteiger partial charge in [0, 0.05) is 22.0 Å². The Labute approximate surface area is 120 Å². The maximum atomic E-state index is 12.1. The van der Waals surface area contributed by atoms with Gasteiger partial charge in [0.25, 0.3) is 5.91 Å². The summed E-state index contributed by atoms with van der Waals surface area (Å²) < 4.78 is 0. The highest BCUT2D eigenvalue weighted by atomic mass is 32.1. The van der Waals surface area contributed by atoms with Crippen LogP contribution in [0.4, 0.5) is 5.69 Å². The summed E-state index contributed by atoms with van der Waals surface area (Å²) in [6, 6.07) is 9.19. The highest BCUT2D eigenvalue weighted by Crippen LogP contribution is 2.19. The molecule has 1 heterocycles. The molecule has 4 nitrogen and oxygen atoms in total. The number of aliphatic carboxylic acids is 1. The number of para-hydroxylation sites is 1. The lowest BCUT2D eigenvalue weighted by Crippen LogP contribution is -2.11. The zero-order valence-corrected chi connectivity index (χ0v) is 11.6. The van der Waals surface area contributed by atoms with Gasteiger partial charge in [-0.15, -0.1) is 11.3 Å². The Morgan fingerprint density at radius 3 is 2.75 bits per heavy atom. The molecule has 0 aliphatic rings. The van der Waals surface area contributed by atoms with Crippen molar-refractivity contribution < 1.29 is 14.7 Å². The van der Waals surface area contributed by atoms with Crippen molar-refractivity contribution >= 4 is 35.0 Å². The first kappa shape index (κ1) is 14.0. The zero-order valence-electron chi connectivity index (χ0n) is 10.8. The Bertz CT molecular complexity index is 673. The van der Waals surface area contributed by atoms with Gasteiger partial charge in [0.15, 0.2) is 0 Å². The van der Waals surface area contributed by atoms with Crippen LogP contribution in [0.15, 0.2) is 41.8 Å². The molecule has 5 heteroatoms. The first-order chi connectivity index (χ1) is 9.56. The Morgan fingerprint density at radius 2 is 2.05 bits per heavy atom. The van der Waals surface area contributed by atoms with Crippen molar-refractivity contribution in [2.75, 3.05) is 5.32 Å². The smallest absolute Gasteiger partial charge is 0.328 e. The number of hydrogen-bond acceptors (Lipinski definition) is 3. The summed E-state index contributed by atoms with van der Waals surface area (Å²) in [5.41, 5.74) is 2.27. The molecule has 0 aliphatic carbocycles. The lowest BCUT2D eigenvalue weighted by atomic mass is 10.2. The molecule has 2 aromatic rings. The molecule has 1 aromatic carbocycles. The summed E-state index contributed by atoms with van der Waals surface area (Å²) in [6.07, 6.45) is 2.52. The summed E-state index contributed by atoms with van der Waals surface area (Å²) >= 11 is 1.32. The van der Waals surface area contributed by atoms with E-state index in [1.165, 1.54) is 17.4 Å². The van der Waals surface area contributed by atoms with Crippen LogP contribution in [0.2, 0.25) is 0 Å². The molecule has 0 fully saturated rings. The topological polar surface area (TPSA) is 66.4 Å². The summed E-state index contributed by atoms with van der Waals surface area (Å²) in [5.74, 6) is -1.21. The number of benzene rings is 1. The van der Waals surface area contributed by atoms with E-state index in [0.717, 1.165) is 22.2 Å². The predicted molar refractivity (Wildman–Crippen MR) is 80.1 cm³/mol. The fourth-order valence-electron chi connectivity index (χ4n) is 1.62. The zero-order chi connectivity index (χ0) is 14.5. The van der Waals surface area contributed by atoms with E-state index in [1.807, 2.05) is 31.2 Å². The Hall–Kier alpha value is -2.40. The molecule has 0 spiro atoms. The van der Waals surface area contributed by atoms with E-state index in [4.69, 9.17) is 5.11 Å². The standard InChI is InChI=1S/C15H13NO3S/c1-10-4-2-3-5-13(10)16-15(19)11-8-12(20-9-11)6-7-14(17)18/h2-9H,1H3,(H,16,19)(H,17,18). The van der Waals surface area contributed by atoms with Gasteiger partial charge in [-0.2, -0.15) is 0 Å². The second kappa shape index (κ2) is 6.16. The van der Waals surface area contributed by atoms with Crippen LogP contribution in [0, 0.1) is 6.92 Å². The molecule has 0 saturated heterocycles. The van der Waals surface area contributed by atoms with Gasteiger partial charge >= 0.3 is 5.97 Å². The minimum Gasteiger partial charge on any atom is -0.478 e. The Kier molecular flexibility index (Phi) is 4.32. The number of aryl methyl sites for hydroxylation is 1. The molecule has 0 radical (unpaired) electrons. The number of anilines is 1. The third-order valence-corrected chi connectivity index (χ3v) is 3.56. The molecule has 2 N–H and O–H groups in total. The van der Waals surface area contributed by atoms with Crippen molar-refractivity contribution in [2.45, 2.75) is 6.92 Å². The summed E-state index contributed by atoms with van der Waals surface area (Å²) in [7, 11) is 0. The van der Waals surface area contributed by atoms with Crippen LogP contribution < -0.4 is 5.32 Å². The second-order valence-corrected chi connectivity index (χ2v) is 5.12. The van der Waals surface area contributed by atoms with Gasteiger partial charge in [-0.3, -0.25) is 4.79 Å². The summed E-state index contributed by atoms with van der Waals surface area (Å²) in [4.78, 5) is 23.2. The Balaban J connectivity index is 2.10. The van der Waals surface area contributed by atoms with E-state index < -0.39 is 5.97 Å². The van der Waals surface area contributed by atoms with Crippen molar-refractivity contribution in [1.82, 2.24) is 0 Å². The van der Waals surface area contributed by atoms with Crippen LogP contribution >= 0.6 is 11.3 Å². The first-order valence-electron chi connectivity index (χ1n) is 5.93. The van der Waals surface area contributed by atoms with Gasteiger partial charge in [-0.05, 0) is 30.7 Å². The predicted octanol–water partition coefficient (Wildman–Crippen LogP) is 3.41. The lowest BCUT2D eigenvalue weighted by molar-refractivity contribution is -0.131. The summed E-state index contributed by atoms with van der Waals surface area (Å²) in [6.45, 7) is 1.92.